The van der Waals surface area contributed by atoms with Gasteiger partial charge in [0.2, 0.25) is 5.91 Å². The molecule has 1 aromatic heterocycles. The molecule has 0 aliphatic carbocycles. The van der Waals surface area contributed by atoms with E-state index >= 15 is 0 Å². The molecule has 3 rings (SSSR count). The van der Waals surface area contributed by atoms with E-state index in [-0.39, 0.29) is 24.1 Å². The maximum Gasteiger partial charge on any atom is 0.277 e. The van der Waals surface area contributed by atoms with Crippen LogP contribution in [-0.2, 0) is 4.79 Å². The summed E-state index contributed by atoms with van der Waals surface area (Å²) in [4.78, 5) is 26.3. The molecule has 2 amide bonds. The van der Waals surface area contributed by atoms with Crippen LogP contribution in [0.4, 0.5) is 11.4 Å². The molecule has 0 atom stereocenters. The van der Waals surface area contributed by atoms with Gasteiger partial charge in [0.05, 0.1) is 18.4 Å². The third kappa shape index (κ3) is 4.80. The summed E-state index contributed by atoms with van der Waals surface area (Å²) in [5.74, 6) is -0.501. The van der Waals surface area contributed by atoms with E-state index < -0.39 is 0 Å². The topological polar surface area (TPSA) is 92.2 Å². The molecule has 8 heteroatoms. The van der Waals surface area contributed by atoms with E-state index in [1.807, 2.05) is 57.4 Å². The maximum atomic E-state index is 12.6. The molecule has 0 aliphatic rings. The van der Waals surface area contributed by atoms with Crippen LogP contribution in [-0.4, -0.2) is 52.3 Å². The summed E-state index contributed by atoms with van der Waals surface area (Å²) >= 11 is 0. The van der Waals surface area contributed by atoms with Crippen molar-refractivity contribution >= 4 is 23.2 Å². The molecule has 8 nitrogen and oxygen atoms in total. The van der Waals surface area contributed by atoms with Crippen molar-refractivity contribution in [2.45, 2.75) is 6.92 Å². The molecule has 0 unspecified atom stereocenters. The standard InChI is InChI=1S/C20H22N6O2/c1-14-9-10-15(21-19(27)13-25(2)3)11-17(14)22-20(28)18-12-26(24-23-18)16-7-5-4-6-8-16/h4-12H,13H2,1-3H3,(H,21,27)(H,22,28). The third-order valence-electron chi connectivity index (χ3n) is 3.98. The number of amides is 2. The molecular weight excluding hydrogens is 356 g/mol. The van der Waals surface area contributed by atoms with Gasteiger partial charge in [-0.05, 0) is 50.8 Å². The van der Waals surface area contributed by atoms with Crippen molar-refractivity contribution in [2.75, 3.05) is 31.3 Å². The fourth-order valence-electron chi connectivity index (χ4n) is 2.58. The zero-order valence-electron chi connectivity index (χ0n) is 16.0. The van der Waals surface area contributed by atoms with Crippen LogP contribution >= 0.6 is 0 Å². The lowest BCUT2D eigenvalue weighted by molar-refractivity contribution is -0.116. The molecule has 0 radical (unpaired) electrons. The highest BCUT2D eigenvalue weighted by molar-refractivity contribution is 6.03. The lowest BCUT2D eigenvalue weighted by Crippen LogP contribution is -2.27. The van der Waals surface area contributed by atoms with Crippen molar-refractivity contribution in [1.82, 2.24) is 19.9 Å². The predicted octanol–water partition coefficient (Wildman–Crippen LogP) is 2.33. The summed E-state index contributed by atoms with van der Waals surface area (Å²) in [6, 6.07) is 14.8. The average Bonchev–Trinajstić information content (AvgIpc) is 3.15. The fraction of sp³-hybridized carbons (Fsp3) is 0.200. The largest absolute Gasteiger partial charge is 0.325 e. The van der Waals surface area contributed by atoms with E-state index in [0.29, 0.717) is 11.4 Å². The molecule has 2 N–H and O–H groups in total. The second-order valence-electron chi connectivity index (χ2n) is 6.65. The molecule has 0 spiro atoms. The fourth-order valence-corrected chi connectivity index (χ4v) is 2.58. The minimum Gasteiger partial charge on any atom is -0.325 e. The molecule has 0 aliphatic heterocycles. The highest BCUT2D eigenvalue weighted by Crippen LogP contribution is 2.21. The average molecular weight is 378 g/mol. The van der Waals surface area contributed by atoms with Gasteiger partial charge in [-0.1, -0.05) is 29.5 Å². The molecule has 2 aromatic carbocycles. The van der Waals surface area contributed by atoms with Gasteiger partial charge in [0.1, 0.15) is 0 Å². The number of anilines is 2. The van der Waals surface area contributed by atoms with E-state index in [0.717, 1.165) is 11.3 Å². The monoisotopic (exact) mass is 378 g/mol. The molecule has 0 fully saturated rings. The van der Waals surface area contributed by atoms with Crippen molar-refractivity contribution in [3.8, 4) is 5.69 Å². The summed E-state index contributed by atoms with van der Waals surface area (Å²) in [6.07, 6.45) is 1.57. The van der Waals surface area contributed by atoms with Crippen LogP contribution in [0.1, 0.15) is 16.1 Å². The second-order valence-corrected chi connectivity index (χ2v) is 6.65. The minimum atomic E-state index is -0.373. The summed E-state index contributed by atoms with van der Waals surface area (Å²) in [5, 5.41) is 13.6. The van der Waals surface area contributed by atoms with Gasteiger partial charge in [-0.3, -0.25) is 9.59 Å². The van der Waals surface area contributed by atoms with Crippen molar-refractivity contribution in [2.24, 2.45) is 0 Å². The van der Waals surface area contributed by atoms with E-state index in [2.05, 4.69) is 20.9 Å². The smallest absolute Gasteiger partial charge is 0.277 e. The van der Waals surface area contributed by atoms with Gasteiger partial charge in [-0.25, -0.2) is 4.68 Å². The first-order chi connectivity index (χ1) is 13.4. The van der Waals surface area contributed by atoms with Gasteiger partial charge >= 0.3 is 0 Å². The maximum absolute atomic E-state index is 12.6. The Bertz CT molecular complexity index is 981. The highest BCUT2D eigenvalue weighted by atomic mass is 16.2. The normalized spacial score (nSPS) is 10.7. The summed E-state index contributed by atoms with van der Waals surface area (Å²) < 4.78 is 1.54. The SMILES string of the molecule is Cc1ccc(NC(=O)CN(C)C)cc1NC(=O)c1cn(-c2ccccc2)nn1. The Hall–Kier alpha value is -3.52. The number of carbonyl (C=O) groups is 2. The summed E-state index contributed by atoms with van der Waals surface area (Å²) in [6.45, 7) is 2.15. The molecule has 0 saturated heterocycles. The number of hydrogen-bond acceptors (Lipinski definition) is 5. The summed E-state index contributed by atoms with van der Waals surface area (Å²) in [7, 11) is 3.64. The Morgan fingerprint density at radius 1 is 1.07 bits per heavy atom. The Kier molecular flexibility index (Phi) is 5.81. The Labute approximate surface area is 163 Å². The Morgan fingerprint density at radius 3 is 2.54 bits per heavy atom. The third-order valence-corrected chi connectivity index (χ3v) is 3.98. The number of hydrogen-bond donors (Lipinski definition) is 2. The van der Waals surface area contributed by atoms with Crippen molar-refractivity contribution < 1.29 is 9.59 Å². The van der Waals surface area contributed by atoms with Gasteiger partial charge in [0, 0.05) is 11.4 Å². The van der Waals surface area contributed by atoms with Gasteiger partial charge in [0.15, 0.2) is 5.69 Å². The lowest BCUT2D eigenvalue weighted by Gasteiger charge is -2.12. The molecule has 3 aromatic rings. The van der Waals surface area contributed by atoms with Crippen molar-refractivity contribution in [1.29, 1.82) is 0 Å². The quantitative estimate of drug-likeness (QED) is 0.687. The van der Waals surface area contributed by atoms with E-state index in [1.54, 1.807) is 27.9 Å². The van der Waals surface area contributed by atoms with Crippen LogP contribution in [0.2, 0.25) is 0 Å². The van der Waals surface area contributed by atoms with Gasteiger partial charge in [-0.15, -0.1) is 5.10 Å². The number of aromatic nitrogens is 3. The number of aryl methyl sites for hydroxylation is 1. The van der Waals surface area contributed by atoms with Crippen molar-refractivity contribution in [3.63, 3.8) is 0 Å². The van der Waals surface area contributed by atoms with Gasteiger partial charge < -0.3 is 15.5 Å². The van der Waals surface area contributed by atoms with E-state index in [4.69, 9.17) is 0 Å². The molecule has 0 saturated carbocycles. The Balaban J connectivity index is 1.72. The van der Waals surface area contributed by atoms with Crippen LogP contribution in [0.15, 0.2) is 54.7 Å². The Morgan fingerprint density at radius 2 is 1.82 bits per heavy atom. The highest BCUT2D eigenvalue weighted by Gasteiger charge is 2.14. The first-order valence-corrected chi connectivity index (χ1v) is 8.77. The van der Waals surface area contributed by atoms with E-state index in [1.165, 1.54) is 0 Å². The van der Waals surface area contributed by atoms with E-state index in [9.17, 15) is 9.59 Å². The van der Waals surface area contributed by atoms with Crippen LogP contribution in [0.5, 0.6) is 0 Å². The summed E-state index contributed by atoms with van der Waals surface area (Å²) in [5.41, 5.74) is 3.10. The number of benzene rings is 2. The van der Waals surface area contributed by atoms with Crippen LogP contribution in [0, 0.1) is 6.92 Å². The van der Waals surface area contributed by atoms with Crippen LogP contribution in [0.25, 0.3) is 5.69 Å². The predicted molar refractivity (Wildman–Crippen MR) is 108 cm³/mol. The number of likely N-dealkylation sites (N-methyl/N-ethyl adjacent to an activating group) is 1. The molecule has 144 valence electrons. The molecular formula is C20H22N6O2. The van der Waals surface area contributed by atoms with Gasteiger partial charge in [-0.2, -0.15) is 0 Å². The van der Waals surface area contributed by atoms with Gasteiger partial charge in [0.25, 0.3) is 5.91 Å². The number of carbonyl (C=O) groups excluding carboxylic acids is 2. The molecule has 28 heavy (non-hydrogen) atoms. The zero-order chi connectivity index (χ0) is 20.1. The number of para-hydroxylation sites is 1. The lowest BCUT2D eigenvalue weighted by atomic mass is 10.1. The molecule has 0 bridgehead atoms. The first-order valence-electron chi connectivity index (χ1n) is 8.77. The van der Waals surface area contributed by atoms with Crippen LogP contribution in [0.3, 0.4) is 0 Å². The number of nitrogens with one attached hydrogen (secondary N) is 2. The number of nitrogens with zero attached hydrogens (tertiary/aromatic N) is 4. The van der Waals surface area contributed by atoms with Crippen LogP contribution < -0.4 is 10.6 Å². The zero-order valence-corrected chi connectivity index (χ0v) is 16.0. The minimum absolute atomic E-state index is 0.128. The first kappa shape index (κ1) is 19.2. The number of rotatable bonds is 6. The second kappa shape index (κ2) is 8.45. The van der Waals surface area contributed by atoms with Crippen molar-refractivity contribution in [3.05, 3.63) is 66.0 Å². The molecule has 1 heterocycles.